The largest absolute Gasteiger partial charge is 0.351 e. The normalized spacial score (nSPS) is 10.0. The molecule has 0 unspecified atom stereocenters. The van der Waals surface area contributed by atoms with Gasteiger partial charge in [0.05, 0.1) is 4.88 Å². The van der Waals surface area contributed by atoms with Crippen molar-refractivity contribution in [3.05, 3.63) is 21.9 Å². The van der Waals surface area contributed by atoms with Gasteiger partial charge in [0.2, 0.25) is 0 Å². The van der Waals surface area contributed by atoms with E-state index in [1.807, 2.05) is 0 Å². The van der Waals surface area contributed by atoms with E-state index in [2.05, 4.69) is 5.32 Å². The molecule has 1 rings (SSSR count). The summed E-state index contributed by atoms with van der Waals surface area (Å²) in [6, 6.07) is 1.62. The maximum atomic E-state index is 11.5. The molecule has 1 aromatic heterocycles. The summed E-state index contributed by atoms with van der Waals surface area (Å²) < 4.78 is 0. The fourth-order valence-electron chi connectivity index (χ4n) is 1.03. The Kier molecular flexibility index (Phi) is 4.45. The second-order valence-electron chi connectivity index (χ2n) is 3.15. The minimum absolute atomic E-state index is 0.0211. The molecular weight excluding hydrogens is 212 g/mol. The third-order valence-corrected chi connectivity index (χ3v) is 2.83. The number of carbonyl (C=O) groups excluding carboxylic acids is 2. The maximum absolute atomic E-state index is 11.5. The van der Waals surface area contributed by atoms with Crippen molar-refractivity contribution in [1.29, 1.82) is 0 Å². The lowest BCUT2D eigenvalue weighted by Gasteiger charge is -2.00. The summed E-state index contributed by atoms with van der Waals surface area (Å²) in [5, 5.41) is 4.43. The van der Waals surface area contributed by atoms with Crippen LogP contribution in [0.1, 0.15) is 33.4 Å². The van der Waals surface area contributed by atoms with Crippen LogP contribution in [0.3, 0.4) is 0 Å². The minimum Gasteiger partial charge on any atom is -0.351 e. The standard InChI is InChI=1S/C10H14N2O2S/c1-7(13)8-5-9(15-6-8)10(14)12-4-2-3-11/h5-6H,2-4,11H2,1H3,(H,12,14). The summed E-state index contributed by atoms with van der Waals surface area (Å²) >= 11 is 1.28. The zero-order valence-electron chi connectivity index (χ0n) is 8.58. The average Bonchev–Trinajstić information content (AvgIpc) is 2.66. The molecule has 82 valence electrons. The molecule has 0 aromatic carbocycles. The topological polar surface area (TPSA) is 72.2 Å². The van der Waals surface area contributed by atoms with Crippen LogP contribution in [0.5, 0.6) is 0 Å². The zero-order chi connectivity index (χ0) is 11.3. The van der Waals surface area contributed by atoms with Gasteiger partial charge in [-0.15, -0.1) is 11.3 Å². The molecule has 0 aliphatic heterocycles. The highest BCUT2D eigenvalue weighted by Crippen LogP contribution is 2.14. The van der Waals surface area contributed by atoms with E-state index in [4.69, 9.17) is 5.73 Å². The van der Waals surface area contributed by atoms with E-state index in [0.717, 1.165) is 6.42 Å². The van der Waals surface area contributed by atoms with Crippen LogP contribution in [-0.2, 0) is 0 Å². The number of carbonyl (C=O) groups is 2. The van der Waals surface area contributed by atoms with Crippen molar-refractivity contribution in [3.8, 4) is 0 Å². The van der Waals surface area contributed by atoms with Gasteiger partial charge in [-0.25, -0.2) is 0 Å². The summed E-state index contributed by atoms with van der Waals surface area (Å²) in [7, 11) is 0. The van der Waals surface area contributed by atoms with Crippen LogP contribution in [0.4, 0.5) is 0 Å². The Morgan fingerprint density at radius 2 is 2.27 bits per heavy atom. The SMILES string of the molecule is CC(=O)c1csc(C(=O)NCCCN)c1. The van der Waals surface area contributed by atoms with Crippen molar-refractivity contribution in [2.24, 2.45) is 5.73 Å². The van der Waals surface area contributed by atoms with Gasteiger partial charge >= 0.3 is 0 Å². The van der Waals surface area contributed by atoms with E-state index in [-0.39, 0.29) is 11.7 Å². The molecule has 0 atom stereocenters. The van der Waals surface area contributed by atoms with Gasteiger partial charge in [-0.2, -0.15) is 0 Å². The summed E-state index contributed by atoms with van der Waals surface area (Å²) in [6.07, 6.45) is 0.761. The van der Waals surface area contributed by atoms with Crippen LogP contribution in [-0.4, -0.2) is 24.8 Å². The molecule has 1 heterocycles. The van der Waals surface area contributed by atoms with Crippen molar-refractivity contribution >= 4 is 23.0 Å². The van der Waals surface area contributed by atoms with Crippen LogP contribution in [0.25, 0.3) is 0 Å². The summed E-state index contributed by atoms with van der Waals surface area (Å²) in [5.41, 5.74) is 5.89. The first-order valence-electron chi connectivity index (χ1n) is 4.73. The first kappa shape index (κ1) is 11.9. The third kappa shape index (κ3) is 3.45. The second kappa shape index (κ2) is 5.63. The molecule has 0 bridgehead atoms. The lowest BCUT2D eigenvalue weighted by atomic mass is 10.2. The number of amides is 1. The van der Waals surface area contributed by atoms with Gasteiger partial charge < -0.3 is 11.1 Å². The lowest BCUT2D eigenvalue weighted by molar-refractivity contribution is 0.0957. The number of Topliss-reactive ketones (excluding diaryl/α,β-unsaturated/α-hetero) is 1. The van der Waals surface area contributed by atoms with Gasteiger partial charge in [-0.05, 0) is 26.0 Å². The van der Waals surface area contributed by atoms with Gasteiger partial charge in [0, 0.05) is 17.5 Å². The molecular formula is C10H14N2O2S. The van der Waals surface area contributed by atoms with E-state index in [1.54, 1.807) is 11.4 Å². The Hall–Kier alpha value is -1.20. The van der Waals surface area contributed by atoms with Gasteiger partial charge in [0.15, 0.2) is 5.78 Å². The van der Waals surface area contributed by atoms with Crippen LogP contribution < -0.4 is 11.1 Å². The summed E-state index contributed by atoms with van der Waals surface area (Å²) in [5.74, 6) is -0.159. The number of rotatable bonds is 5. The fourth-order valence-corrected chi connectivity index (χ4v) is 1.89. The molecule has 5 heteroatoms. The van der Waals surface area contributed by atoms with Crippen molar-refractivity contribution < 1.29 is 9.59 Å². The second-order valence-corrected chi connectivity index (χ2v) is 4.07. The molecule has 0 spiro atoms. The first-order valence-corrected chi connectivity index (χ1v) is 5.61. The van der Waals surface area contributed by atoms with E-state index in [0.29, 0.717) is 23.5 Å². The molecule has 4 nitrogen and oxygen atoms in total. The molecule has 0 fully saturated rings. The monoisotopic (exact) mass is 226 g/mol. The molecule has 0 saturated carbocycles. The Morgan fingerprint density at radius 3 is 2.80 bits per heavy atom. The number of nitrogens with two attached hydrogens (primary N) is 1. The van der Waals surface area contributed by atoms with Crippen molar-refractivity contribution in [1.82, 2.24) is 5.32 Å². The number of ketones is 1. The summed E-state index contributed by atoms with van der Waals surface area (Å²) in [4.78, 5) is 23.1. The quantitative estimate of drug-likeness (QED) is 0.582. The minimum atomic E-state index is -0.138. The van der Waals surface area contributed by atoms with Gasteiger partial charge in [-0.3, -0.25) is 9.59 Å². The van der Waals surface area contributed by atoms with E-state index in [9.17, 15) is 9.59 Å². The Balaban J connectivity index is 2.54. The predicted molar refractivity (Wildman–Crippen MR) is 60.3 cm³/mol. The van der Waals surface area contributed by atoms with Crippen molar-refractivity contribution in [2.45, 2.75) is 13.3 Å². The number of thiophene rings is 1. The van der Waals surface area contributed by atoms with Crippen LogP contribution in [0.15, 0.2) is 11.4 Å². The highest BCUT2D eigenvalue weighted by Gasteiger charge is 2.10. The highest BCUT2D eigenvalue weighted by atomic mass is 32.1. The Labute approximate surface area is 92.5 Å². The predicted octanol–water partition coefficient (Wildman–Crippen LogP) is 1.03. The highest BCUT2D eigenvalue weighted by molar-refractivity contribution is 7.12. The Morgan fingerprint density at radius 1 is 1.53 bits per heavy atom. The number of hydrogen-bond donors (Lipinski definition) is 2. The average molecular weight is 226 g/mol. The molecule has 0 aliphatic carbocycles. The van der Waals surface area contributed by atoms with E-state index >= 15 is 0 Å². The van der Waals surface area contributed by atoms with Crippen LogP contribution in [0, 0.1) is 0 Å². The first-order chi connectivity index (χ1) is 7.15. The maximum Gasteiger partial charge on any atom is 0.261 e. The molecule has 1 amide bonds. The smallest absolute Gasteiger partial charge is 0.261 e. The molecule has 15 heavy (non-hydrogen) atoms. The van der Waals surface area contributed by atoms with Crippen molar-refractivity contribution in [3.63, 3.8) is 0 Å². The molecule has 1 aromatic rings. The molecule has 0 saturated heterocycles. The van der Waals surface area contributed by atoms with Crippen LogP contribution >= 0.6 is 11.3 Å². The molecule has 3 N–H and O–H groups in total. The molecule has 0 radical (unpaired) electrons. The number of hydrogen-bond acceptors (Lipinski definition) is 4. The summed E-state index contributed by atoms with van der Waals surface area (Å²) in [6.45, 7) is 2.62. The van der Waals surface area contributed by atoms with Crippen molar-refractivity contribution in [2.75, 3.05) is 13.1 Å². The van der Waals surface area contributed by atoms with E-state index < -0.39 is 0 Å². The van der Waals surface area contributed by atoms with E-state index in [1.165, 1.54) is 18.3 Å². The fraction of sp³-hybridized carbons (Fsp3) is 0.400. The third-order valence-electron chi connectivity index (χ3n) is 1.90. The Bertz CT molecular complexity index is 360. The number of nitrogens with one attached hydrogen (secondary N) is 1. The zero-order valence-corrected chi connectivity index (χ0v) is 9.39. The van der Waals surface area contributed by atoms with Gasteiger partial charge in [-0.1, -0.05) is 0 Å². The van der Waals surface area contributed by atoms with Gasteiger partial charge in [0.1, 0.15) is 0 Å². The molecule has 0 aliphatic rings. The van der Waals surface area contributed by atoms with Crippen LogP contribution in [0.2, 0.25) is 0 Å². The van der Waals surface area contributed by atoms with Gasteiger partial charge in [0.25, 0.3) is 5.91 Å². The lowest BCUT2D eigenvalue weighted by Crippen LogP contribution is -2.25.